The number of unbranched alkanes of at least 4 members (excludes halogenated alkanes) is 1. The van der Waals surface area contributed by atoms with Crippen LogP contribution in [-0.4, -0.2) is 13.7 Å². The predicted octanol–water partition coefficient (Wildman–Crippen LogP) is 3.35. The fourth-order valence-corrected chi connectivity index (χ4v) is 1.75. The summed E-state index contributed by atoms with van der Waals surface area (Å²) in [7, 11) is 1.94. The molecule has 0 heterocycles. The summed E-state index contributed by atoms with van der Waals surface area (Å²) >= 11 is 3.46. The molecule has 0 saturated heterocycles. The first-order valence-electron chi connectivity index (χ1n) is 5.33. The Bertz CT molecular complexity index is 302. The summed E-state index contributed by atoms with van der Waals surface area (Å²) in [4.78, 5) is 0. The third-order valence-corrected chi connectivity index (χ3v) is 2.64. The molecule has 0 unspecified atom stereocenters. The van der Waals surface area contributed by atoms with E-state index in [-0.39, 0.29) is 0 Å². The van der Waals surface area contributed by atoms with Crippen LogP contribution in [0.15, 0.2) is 22.7 Å². The van der Waals surface area contributed by atoms with Gasteiger partial charge in [0, 0.05) is 16.6 Å². The number of rotatable bonds is 6. The van der Waals surface area contributed by atoms with Crippen molar-refractivity contribution in [1.29, 1.82) is 0 Å². The Morgan fingerprint density at radius 1 is 1.40 bits per heavy atom. The lowest BCUT2D eigenvalue weighted by molar-refractivity contribution is 0.305. The molecule has 0 fully saturated rings. The summed E-state index contributed by atoms with van der Waals surface area (Å²) in [6, 6.07) is 6.13. The molecule has 15 heavy (non-hydrogen) atoms. The average molecular weight is 272 g/mol. The van der Waals surface area contributed by atoms with Crippen molar-refractivity contribution < 1.29 is 4.74 Å². The van der Waals surface area contributed by atoms with Crippen LogP contribution in [0.5, 0.6) is 5.75 Å². The molecule has 1 N–H and O–H groups in total. The predicted molar refractivity (Wildman–Crippen MR) is 67.3 cm³/mol. The minimum Gasteiger partial charge on any atom is -0.493 e. The number of benzene rings is 1. The zero-order valence-corrected chi connectivity index (χ0v) is 10.9. The van der Waals surface area contributed by atoms with Crippen molar-refractivity contribution in [2.24, 2.45) is 0 Å². The topological polar surface area (TPSA) is 21.3 Å². The lowest BCUT2D eigenvalue weighted by atomic mass is 10.2. The van der Waals surface area contributed by atoms with Gasteiger partial charge in [0.1, 0.15) is 5.75 Å². The van der Waals surface area contributed by atoms with E-state index in [1.807, 2.05) is 19.2 Å². The number of halogens is 1. The van der Waals surface area contributed by atoms with E-state index in [0.29, 0.717) is 0 Å². The maximum absolute atomic E-state index is 5.72. The van der Waals surface area contributed by atoms with Gasteiger partial charge in [0.15, 0.2) is 0 Å². The van der Waals surface area contributed by atoms with Gasteiger partial charge in [-0.2, -0.15) is 0 Å². The summed E-state index contributed by atoms with van der Waals surface area (Å²) in [5.74, 6) is 0.987. The SMILES string of the molecule is CCCCOc1ccc(Br)cc1CNC. The van der Waals surface area contributed by atoms with E-state index in [2.05, 4.69) is 34.2 Å². The molecule has 0 aliphatic rings. The summed E-state index contributed by atoms with van der Waals surface area (Å²) in [6.07, 6.45) is 2.27. The summed E-state index contributed by atoms with van der Waals surface area (Å²) in [5, 5.41) is 3.14. The van der Waals surface area contributed by atoms with Gasteiger partial charge in [-0.25, -0.2) is 0 Å². The van der Waals surface area contributed by atoms with Gasteiger partial charge >= 0.3 is 0 Å². The largest absolute Gasteiger partial charge is 0.493 e. The first-order chi connectivity index (χ1) is 7.27. The molecule has 1 rings (SSSR count). The van der Waals surface area contributed by atoms with Crippen LogP contribution < -0.4 is 10.1 Å². The van der Waals surface area contributed by atoms with E-state index in [4.69, 9.17) is 4.74 Å². The monoisotopic (exact) mass is 271 g/mol. The Labute approximate surface area is 100 Å². The van der Waals surface area contributed by atoms with E-state index < -0.39 is 0 Å². The number of hydrogen-bond donors (Lipinski definition) is 1. The van der Waals surface area contributed by atoms with Crippen LogP contribution in [0.3, 0.4) is 0 Å². The normalized spacial score (nSPS) is 10.3. The van der Waals surface area contributed by atoms with Crippen LogP contribution in [0.1, 0.15) is 25.3 Å². The van der Waals surface area contributed by atoms with Crippen molar-refractivity contribution in [2.75, 3.05) is 13.7 Å². The van der Waals surface area contributed by atoms with Crippen LogP contribution in [-0.2, 0) is 6.54 Å². The summed E-state index contributed by atoms with van der Waals surface area (Å²) in [5.41, 5.74) is 1.20. The molecule has 0 atom stereocenters. The molecule has 1 aromatic rings. The van der Waals surface area contributed by atoms with E-state index in [9.17, 15) is 0 Å². The van der Waals surface area contributed by atoms with Crippen molar-refractivity contribution in [3.8, 4) is 5.75 Å². The molecule has 0 radical (unpaired) electrons. The van der Waals surface area contributed by atoms with Crippen molar-refractivity contribution >= 4 is 15.9 Å². The molecule has 0 spiro atoms. The van der Waals surface area contributed by atoms with Gasteiger partial charge < -0.3 is 10.1 Å². The van der Waals surface area contributed by atoms with Gasteiger partial charge in [0.05, 0.1) is 6.61 Å². The lowest BCUT2D eigenvalue weighted by Crippen LogP contribution is -2.08. The fourth-order valence-electron chi connectivity index (χ4n) is 1.34. The average Bonchev–Trinajstić information content (AvgIpc) is 2.22. The second kappa shape index (κ2) is 6.85. The molecule has 3 heteroatoms. The third kappa shape index (κ3) is 4.22. The van der Waals surface area contributed by atoms with Gasteiger partial charge in [-0.3, -0.25) is 0 Å². The molecular formula is C12H18BrNO. The van der Waals surface area contributed by atoms with Crippen LogP contribution >= 0.6 is 15.9 Å². The molecule has 0 aliphatic carbocycles. The minimum absolute atomic E-state index is 0.800. The second-order valence-corrected chi connectivity index (χ2v) is 4.40. The zero-order chi connectivity index (χ0) is 11.1. The molecule has 0 bridgehead atoms. The maximum atomic E-state index is 5.72. The van der Waals surface area contributed by atoms with Crippen LogP contribution in [0.4, 0.5) is 0 Å². The Balaban J connectivity index is 2.67. The highest BCUT2D eigenvalue weighted by atomic mass is 79.9. The van der Waals surface area contributed by atoms with Crippen molar-refractivity contribution in [1.82, 2.24) is 5.32 Å². The highest BCUT2D eigenvalue weighted by Crippen LogP contribution is 2.23. The Kier molecular flexibility index (Phi) is 5.73. The lowest BCUT2D eigenvalue weighted by Gasteiger charge is -2.11. The number of ether oxygens (including phenoxy) is 1. The Hall–Kier alpha value is -0.540. The van der Waals surface area contributed by atoms with Crippen LogP contribution in [0, 0.1) is 0 Å². The van der Waals surface area contributed by atoms with E-state index >= 15 is 0 Å². The maximum Gasteiger partial charge on any atom is 0.123 e. The van der Waals surface area contributed by atoms with Crippen LogP contribution in [0.25, 0.3) is 0 Å². The third-order valence-electron chi connectivity index (χ3n) is 2.15. The van der Waals surface area contributed by atoms with Crippen molar-refractivity contribution in [2.45, 2.75) is 26.3 Å². The molecule has 0 aromatic heterocycles. The van der Waals surface area contributed by atoms with E-state index in [1.54, 1.807) is 0 Å². The quantitative estimate of drug-likeness (QED) is 0.802. The zero-order valence-electron chi connectivity index (χ0n) is 9.35. The first kappa shape index (κ1) is 12.5. The summed E-state index contributed by atoms with van der Waals surface area (Å²) in [6.45, 7) is 3.80. The van der Waals surface area contributed by atoms with E-state index in [1.165, 1.54) is 5.56 Å². The smallest absolute Gasteiger partial charge is 0.123 e. The summed E-state index contributed by atoms with van der Waals surface area (Å²) < 4.78 is 6.82. The highest BCUT2D eigenvalue weighted by molar-refractivity contribution is 9.10. The van der Waals surface area contributed by atoms with Gasteiger partial charge in [-0.05, 0) is 31.7 Å². The second-order valence-electron chi connectivity index (χ2n) is 3.48. The molecular weight excluding hydrogens is 254 g/mol. The molecule has 2 nitrogen and oxygen atoms in total. The standard InChI is InChI=1S/C12H18BrNO/c1-3-4-7-15-12-6-5-11(13)8-10(12)9-14-2/h5-6,8,14H,3-4,7,9H2,1-2H3. The van der Waals surface area contributed by atoms with Crippen LogP contribution in [0.2, 0.25) is 0 Å². The number of hydrogen-bond acceptors (Lipinski definition) is 2. The highest BCUT2D eigenvalue weighted by Gasteiger charge is 2.03. The van der Waals surface area contributed by atoms with Gasteiger partial charge in [-0.15, -0.1) is 0 Å². The van der Waals surface area contributed by atoms with Gasteiger partial charge in [-0.1, -0.05) is 29.3 Å². The molecule has 1 aromatic carbocycles. The minimum atomic E-state index is 0.800. The Morgan fingerprint density at radius 2 is 2.20 bits per heavy atom. The molecule has 84 valence electrons. The van der Waals surface area contributed by atoms with Crippen molar-refractivity contribution in [3.63, 3.8) is 0 Å². The van der Waals surface area contributed by atoms with Crippen molar-refractivity contribution in [3.05, 3.63) is 28.2 Å². The number of nitrogens with one attached hydrogen (secondary N) is 1. The van der Waals surface area contributed by atoms with Gasteiger partial charge in [0.2, 0.25) is 0 Å². The molecule has 0 aliphatic heterocycles. The molecule has 0 saturated carbocycles. The Morgan fingerprint density at radius 3 is 2.87 bits per heavy atom. The van der Waals surface area contributed by atoms with Gasteiger partial charge in [0.25, 0.3) is 0 Å². The molecule has 0 amide bonds. The van der Waals surface area contributed by atoms with E-state index in [0.717, 1.165) is 36.2 Å². The first-order valence-corrected chi connectivity index (χ1v) is 6.13. The fraction of sp³-hybridized carbons (Fsp3) is 0.500.